The number of nitrogens with one attached hydrogen (secondary N) is 2. The molecule has 0 atom stereocenters. The van der Waals surface area contributed by atoms with E-state index in [1.807, 2.05) is 42.5 Å². The summed E-state index contributed by atoms with van der Waals surface area (Å²) in [4.78, 5) is 0. The minimum Gasteiger partial charge on any atom is -0.493 e. The van der Waals surface area contributed by atoms with Crippen molar-refractivity contribution in [3.05, 3.63) is 52.5 Å². The predicted octanol–water partition coefficient (Wildman–Crippen LogP) is 4.75. The van der Waals surface area contributed by atoms with Crippen LogP contribution in [0.4, 0.5) is 5.69 Å². The van der Waals surface area contributed by atoms with Crippen molar-refractivity contribution in [2.75, 3.05) is 19.1 Å². The summed E-state index contributed by atoms with van der Waals surface area (Å²) in [6.45, 7) is 3.50. The monoisotopic (exact) mass is 378 g/mol. The highest BCUT2D eigenvalue weighted by molar-refractivity contribution is 9.10. The Bertz CT molecular complexity index is 605. The number of benzene rings is 2. The smallest absolute Gasteiger partial charge is 0.162 e. The Hall–Kier alpha value is -1.72. The van der Waals surface area contributed by atoms with Gasteiger partial charge in [-0.2, -0.15) is 0 Å². The summed E-state index contributed by atoms with van der Waals surface area (Å²) in [5.74, 6) is 1.52. The Morgan fingerprint density at radius 3 is 2.57 bits per heavy atom. The van der Waals surface area contributed by atoms with Crippen LogP contribution in [-0.4, -0.2) is 13.7 Å². The van der Waals surface area contributed by atoms with Crippen LogP contribution in [-0.2, 0) is 6.54 Å². The van der Waals surface area contributed by atoms with Crippen LogP contribution >= 0.6 is 15.9 Å². The van der Waals surface area contributed by atoms with Crippen molar-refractivity contribution in [3.8, 4) is 11.5 Å². The first-order chi connectivity index (χ1) is 11.2. The van der Waals surface area contributed by atoms with E-state index in [9.17, 15) is 0 Å². The molecule has 0 amide bonds. The molecule has 2 aromatic rings. The summed E-state index contributed by atoms with van der Waals surface area (Å²) in [6, 6.07) is 13.9. The summed E-state index contributed by atoms with van der Waals surface area (Å²) in [5.41, 5.74) is 8.49. The molecule has 0 fully saturated rings. The van der Waals surface area contributed by atoms with Crippen LogP contribution in [0.3, 0.4) is 0 Å². The number of methoxy groups -OCH3 is 1. The maximum Gasteiger partial charge on any atom is 0.162 e. The first kappa shape index (κ1) is 17.6. The normalized spacial score (nSPS) is 10.4. The molecule has 2 rings (SSSR count). The molecule has 0 unspecified atom stereocenters. The fourth-order valence-corrected chi connectivity index (χ4v) is 2.54. The van der Waals surface area contributed by atoms with Crippen LogP contribution in [0.15, 0.2) is 46.9 Å². The molecule has 5 heteroatoms. The molecule has 0 bridgehead atoms. The van der Waals surface area contributed by atoms with Crippen molar-refractivity contribution in [2.45, 2.75) is 26.3 Å². The van der Waals surface area contributed by atoms with E-state index in [2.05, 4.69) is 33.7 Å². The lowest BCUT2D eigenvalue weighted by molar-refractivity contribution is 0.288. The average Bonchev–Trinajstić information content (AvgIpc) is 2.58. The van der Waals surface area contributed by atoms with Crippen molar-refractivity contribution in [1.82, 2.24) is 5.43 Å². The molecule has 4 nitrogen and oxygen atoms in total. The van der Waals surface area contributed by atoms with Gasteiger partial charge in [-0.05, 0) is 36.2 Å². The van der Waals surface area contributed by atoms with Crippen LogP contribution in [0.25, 0.3) is 0 Å². The number of halogens is 1. The SMILES string of the molecule is CCCCOc1cc(Br)c(CNNc2ccccc2)cc1OC. The van der Waals surface area contributed by atoms with Crippen molar-refractivity contribution >= 4 is 21.6 Å². The molecular weight excluding hydrogens is 356 g/mol. The van der Waals surface area contributed by atoms with E-state index < -0.39 is 0 Å². The minimum atomic E-state index is 0.654. The van der Waals surface area contributed by atoms with Gasteiger partial charge in [0.05, 0.1) is 13.7 Å². The summed E-state index contributed by atoms with van der Waals surface area (Å²) in [6.07, 6.45) is 2.14. The fraction of sp³-hybridized carbons (Fsp3) is 0.333. The van der Waals surface area contributed by atoms with Gasteiger partial charge in [-0.25, -0.2) is 5.43 Å². The molecule has 2 N–H and O–H groups in total. The van der Waals surface area contributed by atoms with Crippen molar-refractivity contribution in [3.63, 3.8) is 0 Å². The molecule has 0 aliphatic carbocycles. The van der Waals surface area contributed by atoms with E-state index >= 15 is 0 Å². The lowest BCUT2D eigenvalue weighted by Gasteiger charge is -2.15. The maximum absolute atomic E-state index is 5.79. The highest BCUT2D eigenvalue weighted by atomic mass is 79.9. The maximum atomic E-state index is 5.79. The van der Waals surface area contributed by atoms with Crippen LogP contribution in [0, 0.1) is 0 Å². The standard InChI is InChI=1S/C18H23BrN2O2/c1-3-4-10-23-18-12-16(19)14(11-17(18)22-2)13-20-21-15-8-6-5-7-9-15/h5-9,11-12,20-21H,3-4,10,13H2,1-2H3. The van der Waals surface area contributed by atoms with E-state index in [1.54, 1.807) is 7.11 Å². The van der Waals surface area contributed by atoms with Crippen molar-refractivity contribution in [1.29, 1.82) is 0 Å². The molecule has 0 aromatic heterocycles. The molecular formula is C18H23BrN2O2. The summed E-state index contributed by atoms with van der Waals surface area (Å²) >= 11 is 3.60. The van der Waals surface area contributed by atoms with Crippen molar-refractivity contribution in [2.24, 2.45) is 0 Å². The van der Waals surface area contributed by atoms with Gasteiger partial charge in [0.25, 0.3) is 0 Å². The number of hydrazine groups is 1. The average molecular weight is 379 g/mol. The van der Waals surface area contributed by atoms with Crippen LogP contribution < -0.4 is 20.3 Å². The largest absolute Gasteiger partial charge is 0.493 e. The highest BCUT2D eigenvalue weighted by Gasteiger charge is 2.10. The van der Waals surface area contributed by atoms with E-state index in [0.29, 0.717) is 13.2 Å². The Morgan fingerprint density at radius 2 is 1.87 bits per heavy atom. The number of hydrogen-bond donors (Lipinski definition) is 2. The third-order valence-corrected chi connectivity index (χ3v) is 4.11. The summed E-state index contributed by atoms with van der Waals surface area (Å²) in [5, 5.41) is 0. The molecule has 23 heavy (non-hydrogen) atoms. The molecule has 0 saturated heterocycles. The number of hydrogen-bond acceptors (Lipinski definition) is 4. The van der Waals surface area contributed by atoms with Gasteiger partial charge in [0.15, 0.2) is 11.5 Å². The minimum absolute atomic E-state index is 0.654. The zero-order valence-electron chi connectivity index (χ0n) is 13.6. The first-order valence-electron chi connectivity index (χ1n) is 7.77. The molecule has 0 heterocycles. The Balaban J connectivity index is 1.98. The fourth-order valence-electron chi connectivity index (χ4n) is 2.07. The van der Waals surface area contributed by atoms with Crippen LogP contribution in [0.2, 0.25) is 0 Å². The van der Waals surface area contributed by atoms with Gasteiger partial charge in [-0.15, -0.1) is 0 Å². The Labute approximate surface area is 146 Å². The molecule has 124 valence electrons. The predicted molar refractivity (Wildman–Crippen MR) is 98.0 cm³/mol. The Morgan fingerprint density at radius 1 is 1.09 bits per heavy atom. The van der Waals surface area contributed by atoms with Crippen LogP contribution in [0.5, 0.6) is 11.5 Å². The summed E-state index contributed by atoms with van der Waals surface area (Å²) in [7, 11) is 1.66. The van der Waals surface area contributed by atoms with E-state index in [0.717, 1.165) is 40.1 Å². The third kappa shape index (κ3) is 5.44. The molecule has 0 radical (unpaired) electrons. The van der Waals surface area contributed by atoms with Gasteiger partial charge in [0, 0.05) is 16.7 Å². The van der Waals surface area contributed by atoms with Gasteiger partial charge in [0.2, 0.25) is 0 Å². The molecule has 2 aromatic carbocycles. The van der Waals surface area contributed by atoms with Gasteiger partial charge >= 0.3 is 0 Å². The first-order valence-corrected chi connectivity index (χ1v) is 8.57. The second-order valence-corrected chi connectivity index (χ2v) is 6.00. The second kappa shape index (κ2) is 9.43. The lowest BCUT2D eigenvalue weighted by atomic mass is 10.2. The van der Waals surface area contributed by atoms with Gasteiger partial charge in [0.1, 0.15) is 0 Å². The van der Waals surface area contributed by atoms with E-state index in [4.69, 9.17) is 9.47 Å². The Kier molecular flexibility index (Phi) is 7.23. The lowest BCUT2D eigenvalue weighted by Crippen LogP contribution is -2.21. The molecule has 0 saturated carbocycles. The number of unbranched alkanes of at least 4 members (excludes halogenated alkanes) is 1. The topological polar surface area (TPSA) is 42.5 Å². The van der Waals surface area contributed by atoms with Gasteiger partial charge in [-0.3, -0.25) is 0 Å². The van der Waals surface area contributed by atoms with E-state index in [1.165, 1.54) is 0 Å². The third-order valence-electron chi connectivity index (χ3n) is 3.37. The second-order valence-electron chi connectivity index (χ2n) is 5.14. The number of rotatable bonds is 9. The van der Waals surface area contributed by atoms with E-state index in [-0.39, 0.29) is 0 Å². The molecule has 0 aliphatic heterocycles. The summed E-state index contributed by atoms with van der Waals surface area (Å²) < 4.78 is 12.2. The quantitative estimate of drug-likeness (QED) is 0.487. The molecule has 0 spiro atoms. The van der Waals surface area contributed by atoms with Gasteiger partial charge in [-0.1, -0.05) is 47.5 Å². The number of para-hydroxylation sites is 1. The highest BCUT2D eigenvalue weighted by Crippen LogP contribution is 2.33. The zero-order chi connectivity index (χ0) is 16.5. The van der Waals surface area contributed by atoms with Crippen molar-refractivity contribution < 1.29 is 9.47 Å². The van der Waals surface area contributed by atoms with Gasteiger partial charge < -0.3 is 14.9 Å². The zero-order valence-corrected chi connectivity index (χ0v) is 15.2. The molecule has 0 aliphatic rings. The number of ether oxygens (including phenoxy) is 2. The van der Waals surface area contributed by atoms with Crippen LogP contribution in [0.1, 0.15) is 25.3 Å². The number of anilines is 1.